The van der Waals surface area contributed by atoms with Gasteiger partial charge in [-0.05, 0) is 24.3 Å². The Hall–Kier alpha value is -2.12. The SMILES string of the molecule is CN(C)S(=O)(=O)c1ccc(C(=O)Nc2ccccc2)o1. The molecule has 106 valence electrons. The first-order valence-electron chi connectivity index (χ1n) is 5.80. The van der Waals surface area contributed by atoms with E-state index in [-0.39, 0.29) is 10.9 Å². The summed E-state index contributed by atoms with van der Waals surface area (Å²) in [6.07, 6.45) is 0. The molecular weight excluding hydrogens is 280 g/mol. The van der Waals surface area contributed by atoms with Crippen molar-refractivity contribution in [2.45, 2.75) is 5.09 Å². The summed E-state index contributed by atoms with van der Waals surface area (Å²) in [5.41, 5.74) is 0.603. The van der Waals surface area contributed by atoms with Crippen molar-refractivity contribution in [3.8, 4) is 0 Å². The summed E-state index contributed by atoms with van der Waals surface area (Å²) in [5, 5.41) is 2.35. The Morgan fingerprint density at radius 3 is 2.35 bits per heavy atom. The first-order chi connectivity index (χ1) is 9.41. The lowest BCUT2D eigenvalue weighted by Crippen LogP contribution is -2.21. The highest BCUT2D eigenvalue weighted by atomic mass is 32.2. The first kappa shape index (κ1) is 14.3. The predicted molar refractivity (Wildman–Crippen MR) is 74.0 cm³/mol. The number of hydrogen-bond acceptors (Lipinski definition) is 4. The van der Waals surface area contributed by atoms with E-state index in [2.05, 4.69) is 5.32 Å². The summed E-state index contributed by atoms with van der Waals surface area (Å²) < 4.78 is 29.8. The van der Waals surface area contributed by atoms with Gasteiger partial charge in [-0.2, -0.15) is 0 Å². The highest BCUT2D eigenvalue weighted by molar-refractivity contribution is 7.88. The van der Waals surface area contributed by atoms with Crippen LogP contribution in [-0.4, -0.2) is 32.7 Å². The lowest BCUT2D eigenvalue weighted by Gasteiger charge is -2.07. The maximum Gasteiger partial charge on any atom is 0.291 e. The summed E-state index contributed by atoms with van der Waals surface area (Å²) in [5.74, 6) is -0.564. The Labute approximate surface area is 117 Å². The molecule has 0 bridgehead atoms. The molecular formula is C13H14N2O4S. The van der Waals surface area contributed by atoms with Gasteiger partial charge in [-0.1, -0.05) is 18.2 Å². The molecule has 0 unspecified atom stereocenters. The number of hydrogen-bond donors (Lipinski definition) is 1. The monoisotopic (exact) mass is 294 g/mol. The molecule has 0 aliphatic rings. The molecule has 0 fully saturated rings. The van der Waals surface area contributed by atoms with Gasteiger partial charge in [0.25, 0.3) is 15.9 Å². The van der Waals surface area contributed by atoms with Gasteiger partial charge in [-0.15, -0.1) is 0 Å². The number of para-hydroxylation sites is 1. The number of sulfonamides is 1. The van der Waals surface area contributed by atoms with Gasteiger partial charge in [0.1, 0.15) is 0 Å². The van der Waals surface area contributed by atoms with Crippen molar-refractivity contribution < 1.29 is 17.6 Å². The minimum Gasteiger partial charge on any atom is -0.438 e. The fourth-order valence-electron chi connectivity index (χ4n) is 1.47. The number of rotatable bonds is 4. The standard InChI is InChI=1S/C13H14N2O4S/c1-15(2)20(17,18)12-9-8-11(19-12)13(16)14-10-6-4-3-5-7-10/h3-9H,1-2H3,(H,14,16). The summed E-state index contributed by atoms with van der Waals surface area (Å²) in [7, 11) is -0.895. The third-order valence-electron chi connectivity index (χ3n) is 2.57. The lowest BCUT2D eigenvalue weighted by molar-refractivity contribution is 0.0991. The minimum atomic E-state index is -3.68. The zero-order valence-corrected chi connectivity index (χ0v) is 11.8. The Bertz CT molecular complexity index is 705. The molecule has 1 heterocycles. The van der Waals surface area contributed by atoms with E-state index in [1.54, 1.807) is 24.3 Å². The smallest absolute Gasteiger partial charge is 0.291 e. The van der Waals surface area contributed by atoms with Crippen LogP contribution in [0.5, 0.6) is 0 Å². The molecule has 0 radical (unpaired) electrons. The van der Waals surface area contributed by atoms with Crippen LogP contribution in [0.1, 0.15) is 10.6 Å². The lowest BCUT2D eigenvalue weighted by atomic mass is 10.3. The summed E-state index contributed by atoms with van der Waals surface area (Å²) in [6.45, 7) is 0. The van der Waals surface area contributed by atoms with Crippen LogP contribution in [0.2, 0.25) is 0 Å². The third-order valence-corrected chi connectivity index (χ3v) is 4.26. The number of carbonyl (C=O) groups excluding carboxylic acids is 1. The van der Waals surface area contributed by atoms with Crippen molar-refractivity contribution in [2.75, 3.05) is 19.4 Å². The van der Waals surface area contributed by atoms with Gasteiger partial charge in [0.15, 0.2) is 5.76 Å². The van der Waals surface area contributed by atoms with Gasteiger partial charge in [0.2, 0.25) is 5.09 Å². The normalized spacial score (nSPS) is 11.6. The predicted octanol–water partition coefficient (Wildman–Crippen LogP) is 1.78. The Kier molecular flexibility index (Phi) is 3.91. The second-order valence-electron chi connectivity index (χ2n) is 4.23. The van der Waals surface area contributed by atoms with E-state index >= 15 is 0 Å². The van der Waals surface area contributed by atoms with Gasteiger partial charge >= 0.3 is 0 Å². The van der Waals surface area contributed by atoms with Gasteiger partial charge < -0.3 is 9.73 Å². The number of nitrogens with one attached hydrogen (secondary N) is 1. The molecule has 0 atom stereocenters. The van der Waals surface area contributed by atoms with Crippen LogP contribution >= 0.6 is 0 Å². The van der Waals surface area contributed by atoms with Crippen molar-refractivity contribution in [3.05, 3.63) is 48.2 Å². The molecule has 0 saturated heterocycles. The van der Waals surface area contributed by atoms with E-state index in [1.165, 1.54) is 26.2 Å². The summed E-state index contributed by atoms with van der Waals surface area (Å²) in [6, 6.07) is 11.4. The highest BCUT2D eigenvalue weighted by Crippen LogP contribution is 2.18. The molecule has 1 N–H and O–H groups in total. The van der Waals surface area contributed by atoms with E-state index in [0.717, 1.165) is 4.31 Å². The topological polar surface area (TPSA) is 79.6 Å². The van der Waals surface area contributed by atoms with E-state index in [9.17, 15) is 13.2 Å². The number of amides is 1. The van der Waals surface area contributed by atoms with Gasteiger partial charge in [-0.25, -0.2) is 12.7 Å². The van der Waals surface area contributed by atoms with Crippen molar-refractivity contribution >= 4 is 21.6 Å². The van der Waals surface area contributed by atoms with Crippen molar-refractivity contribution in [1.29, 1.82) is 0 Å². The molecule has 7 heteroatoms. The Balaban J connectivity index is 2.19. The number of nitrogens with zero attached hydrogens (tertiary/aromatic N) is 1. The van der Waals surface area contributed by atoms with E-state index in [0.29, 0.717) is 5.69 Å². The summed E-state index contributed by atoms with van der Waals surface area (Å²) in [4.78, 5) is 11.9. The Morgan fingerprint density at radius 2 is 1.75 bits per heavy atom. The minimum absolute atomic E-state index is 0.0609. The molecule has 1 aromatic carbocycles. The van der Waals surface area contributed by atoms with E-state index < -0.39 is 15.9 Å². The second-order valence-corrected chi connectivity index (χ2v) is 6.31. The number of furan rings is 1. The average Bonchev–Trinajstić information content (AvgIpc) is 2.90. The molecule has 2 rings (SSSR count). The van der Waals surface area contributed by atoms with E-state index in [1.807, 2.05) is 6.07 Å². The molecule has 0 saturated carbocycles. The zero-order chi connectivity index (χ0) is 14.8. The third kappa shape index (κ3) is 2.89. The summed E-state index contributed by atoms with van der Waals surface area (Å²) >= 11 is 0. The van der Waals surface area contributed by atoms with Crippen LogP contribution in [0.3, 0.4) is 0 Å². The molecule has 20 heavy (non-hydrogen) atoms. The number of anilines is 1. The van der Waals surface area contributed by atoms with E-state index in [4.69, 9.17) is 4.42 Å². The van der Waals surface area contributed by atoms with Crippen LogP contribution in [0.25, 0.3) is 0 Å². The van der Waals surface area contributed by atoms with Gasteiger partial charge in [0.05, 0.1) is 0 Å². The largest absolute Gasteiger partial charge is 0.438 e. The fourth-order valence-corrected chi connectivity index (χ4v) is 2.27. The quantitative estimate of drug-likeness (QED) is 0.932. The van der Waals surface area contributed by atoms with Crippen LogP contribution in [0, 0.1) is 0 Å². The van der Waals surface area contributed by atoms with Gasteiger partial charge in [0, 0.05) is 19.8 Å². The fraction of sp³-hybridized carbons (Fsp3) is 0.154. The molecule has 1 aromatic heterocycles. The van der Waals surface area contributed by atoms with Crippen LogP contribution < -0.4 is 5.32 Å². The molecule has 0 aliphatic carbocycles. The van der Waals surface area contributed by atoms with Crippen molar-refractivity contribution in [3.63, 3.8) is 0 Å². The van der Waals surface area contributed by atoms with Crippen LogP contribution in [0.4, 0.5) is 5.69 Å². The maximum atomic E-state index is 11.9. The average molecular weight is 294 g/mol. The second kappa shape index (κ2) is 5.48. The molecule has 6 nitrogen and oxygen atoms in total. The van der Waals surface area contributed by atoms with Crippen LogP contribution in [0.15, 0.2) is 52.0 Å². The molecule has 1 amide bonds. The number of carbonyl (C=O) groups is 1. The molecule has 0 aliphatic heterocycles. The van der Waals surface area contributed by atoms with Crippen LogP contribution in [-0.2, 0) is 10.0 Å². The first-order valence-corrected chi connectivity index (χ1v) is 7.24. The van der Waals surface area contributed by atoms with Crippen molar-refractivity contribution in [2.24, 2.45) is 0 Å². The molecule has 0 spiro atoms. The highest BCUT2D eigenvalue weighted by Gasteiger charge is 2.23. The van der Waals surface area contributed by atoms with Gasteiger partial charge in [-0.3, -0.25) is 4.79 Å². The maximum absolute atomic E-state index is 11.9. The number of benzene rings is 1. The molecule has 2 aromatic rings. The van der Waals surface area contributed by atoms with Crippen molar-refractivity contribution in [1.82, 2.24) is 4.31 Å². The zero-order valence-electron chi connectivity index (χ0n) is 11.0. The Morgan fingerprint density at radius 1 is 1.10 bits per heavy atom.